The van der Waals surface area contributed by atoms with Gasteiger partial charge < -0.3 is 10.1 Å². The van der Waals surface area contributed by atoms with Crippen molar-refractivity contribution in [1.29, 1.82) is 0 Å². The number of ether oxygens (including phenoxy) is 1. The SMILES string of the molecule is CCC1=C(c2cccs2)C(=O)NCO1. The molecule has 14 heavy (non-hydrogen) atoms. The first-order chi connectivity index (χ1) is 6.83. The smallest absolute Gasteiger partial charge is 0.258 e. The second-order valence-electron chi connectivity index (χ2n) is 2.92. The number of nitrogens with one attached hydrogen (secondary N) is 1. The zero-order chi connectivity index (χ0) is 9.97. The molecule has 0 bridgehead atoms. The summed E-state index contributed by atoms with van der Waals surface area (Å²) in [4.78, 5) is 12.6. The zero-order valence-electron chi connectivity index (χ0n) is 7.87. The normalized spacial score (nSPS) is 16.5. The Morgan fingerprint density at radius 1 is 1.64 bits per heavy atom. The van der Waals surface area contributed by atoms with Crippen LogP contribution in [0.2, 0.25) is 0 Å². The lowest BCUT2D eigenvalue weighted by atomic mass is 10.1. The van der Waals surface area contributed by atoms with E-state index in [0.717, 1.165) is 17.1 Å². The third-order valence-corrected chi connectivity index (χ3v) is 2.96. The van der Waals surface area contributed by atoms with Crippen LogP contribution in [-0.2, 0) is 9.53 Å². The van der Waals surface area contributed by atoms with Gasteiger partial charge in [0, 0.05) is 11.3 Å². The molecule has 0 spiro atoms. The highest BCUT2D eigenvalue weighted by Crippen LogP contribution is 2.27. The van der Waals surface area contributed by atoms with Gasteiger partial charge >= 0.3 is 0 Å². The van der Waals surface area contributed by atoms with E-state index in [1.165, 1.54) is 0 Å². The molecule has 0 saturated heterocycles. The Morgan fingerprint density at radius 2 is 2.50 bits per heavy atom. The Balaban J connectivity index is 2.46. The van der Waals surface area contributed by atoms with Crippen LogP contribution in [0.5, 0.6) is 0 Å². The molecule has 4 heteroatoms. The Labute approximate surface area is 86.4 Å². The van der Waals surface area contributed by atoms with E-state index in [9.17, 15) is 4.79 Å². The highest BCUT2D eigenvalue weighted by atomic mass is 32.1. The van der Waals surface area contributed by atoms with Crippen molar-refractivity contribution >= 4 is 22.8 Å². The average molecular weight is 209 g/mol. The highest BCUT2D eigenvalue weighted by Gasteiger charge is 2.22. The van der Waals surface area contributed by atoms with Gasteiger partial charge in [-0.2, -0.15) is 0 Å². The molecule has 1 amide bonds. The van der Waals surface area contributed by atoms with Crippen LogP contribution in [0.4, 0.5) is 0 Å². The molecular formula is C10H11NO2S. The minimum Gasteiger partial charge on any atom is -0.477 e. The molecule has 1 aromatic rings. The summed E-state index contributed by atoms with van der Waals surface area (Å²) in [6.45, 7) is 2.28. The molecule has 0 aliphatic carbocycles. The van der Waals surface area contributed by atoms with E-state index in [1.54, 1.807) is 11.3 Å². The fraction of sp³-hybridized carbons (Fsp3) is 0.300. The third-order valence-electron chi connectivity index (χ3n) is 2.07. The van der Waals surface area contributed by atoms with Gasteiger partial charge in [-0.15, -0.1) is 11.3 Å². The maximum absolute atomic E-state index is 11.6. The summed E-state index contributed by atoms with van der Waals surface area (Å²) in [7, 11) is 0. The average Bonchev–Trinajstić information content (AvgIpc) is 2.70. The highest BCUT2D eigenvalue weighted by molar-refractivity contribution is 7.11. The summed E-state index contributed by atoms with van der Waals surface area (Å²) < 4.78 is 5.39. The summed E-state index contributed by atoms with van der Waals surface area (Å²) in [5, 5.41) is 4.63. The van der Waals surface area contributed by atoms with Gasteiger partial charge in [0.15, 0.2) is 6.73 Å². The Bertz CT molecular complexity index is 367. The van der Waals surface area contributed by atoms with Gasteiger partial charge in [-0.1, -0.05) is 13.0 Å². The van der Waals surface area contributed by atoms with Crippen LogP contribution in [0.1, 0.15) is 18.2 Å². The third kappa shape index (κ3) is 1.53. The Kier molecular flexibility index (Phi) is 2.54. The molecule has 1 aromatic heterocycles. The molecular weight excluding hydrogens is 198 g/mol. The predicted molar refractivity (Wildman–Crippen MR) is 55.6 cm³/mol. The molecule has 0 radical (unpaired) electrons. The van der Waals surface area contributed by atoms with E-state index >= 15 is 0 Å². The molecule has 3 nitrogen and oxygen atoms in total. The van der Waals surface area contributed by atoms with Gasteiger partial charge in [-0.05, 0) is 11.4 Å². The fourth-order valence-electron chi connectivity index (χ4n) is 1.42. The van der Waals surface area contributed by atoms with Crippen LogP contribution in [0.15, 0.2) is 23.3 Å². The molecule has 1 aliphatic rings. The molecule has 0 unspecified atom stereocenters. The van der Waals surface area contributed by atoms with Gasteiger partial charge in [-0.3, -0.25) is 4.79 Å². The number of rotatable bonds is 2. The number of carbonyl (C=O) groups excluding carboxylic acids is 1. The molecule has 0 saturated carbocycles. The van der Waals surface area contributed by atoms with Crippen molar-refractivity contribution in [2.24, 2.45) is 0 Å². The first-order valence-electron chi connectivity index (χ1n) is 4.51. The van der Waals surface area contributed by atoms with Crippen molar-refractivity contribution in [2.45, 2.75) is 13.3 Å². The standard InChI is InChI=1S/C10H11NO2S/c1-2-7-9(8-4-3-5-14-8)10(12)11-6-13-7/h3-5H,2,6H2,1H3,(H,11,12). The lowest BCUT2D eigenvalue weighted by molar-refractivity contribution is -0.118. The molecule has 1 N–H and O–H groups in total. The Hall–Kier alpha value is -1.29. The van der Waals surface area contributed by atoms with Crippen LogP contribution < -0.4 is 5.32 Å². The van der Waals surface area contributed by atoms with E-state index in [2.05, 4.69) is 5.32 Å². The summed E-state index contributed by atoms with van der Waals surface area (Å²) in [6, 6.07) is 3.87. The van der Waals surface area contributed by atoms with Crippen LogP contribution >= 0.6 is 11.3 Å². The van der Waals surface area contributed by atoms with E-state index < -0.39 is 0 Å². The predicted octanol–water partition coefficient (Wildman–Crippen LogP) is 1.97. The second kappa shape index (κ2) is 3.84. The molecule has 0 atom stereocenters. The van der Waals surface area contributed by atoms with E-state index in [-0.39, 0.29) is 12.6 Å². The van der Waals surface area contributed by atoms with Crippen molar-refractivity contribution in [3.05, 3.63) is 28.1 Å². The molecule has 2 rings (SSSR count). The number of allylic oxidation sites excluding steroid dienone is 1. The maximum Gasteiger partial charge on any atom is 0.258 e. The molecule has 1 aliphatic heterocycles. The minimum atomic E-state index is -0.0319. The summed E-state index contributed by atoms with van der Waals surface area (Å²) in [5.74, 6) is 0.756. The number of hydrogen-bond acceptors (Lipinski definition) is 3. The summed E-state index contributed by atoms with van der Waals surface area (Å²) in [5.41, 5.74) is 0.689. The lowest BCUT2D eigenvalue weighted by Gasteiger charge is -2.19. The van der Waals surface area contributed by atoms with Crippen molar-refractivity contribution in [2.75, 3.05) is 6.73 Å². The van der Waals surface area contributed by atoms with Crippen molar-refractivity contribution in [3.8, 4) is 0 Å². The van der Waals surface area contributed by atoms with Crippen LogP contribution in [0.25, 0.3) is 5.57 Å². The van der Waals surface area contributed by atoms with E-state index in [4.69, 9.17) is 4.74 Å². The summed E-state index contributed by atoms with van der Waals surface area (Å²) in [6.07, 6.45) is 0.751. The molecule has 74 valence electrons. The van der Waals surface area contributed by atoms with Crippen molar-refractivity contribution in [1.82, 2.24) is 5.32 Å². The maximum atomic E-state index is 11.6. The topological polar surface area (TPSA) is 38.3 Å². The molecule has 2 heterocycles. The van der Waals surface area contributed by atoms with Gasteiger partial charge in [0.05, 0.1) is 5.57 Å². The van der Waals surface area contributed by atoms with Crippen LogP contribution in [0, 0.1) is 0 Å². The van der Waals surface area contributed by atoms with Crippen molar-refractivity contribution in [3.63, 3.8) is 0 Å². The molecule has 0 fully saturated rings. The quantitative estimate of drug-likeness (QED) is 0.808. The van der Waals surface area contributed by atoms with Gasteiger partial charge in [0.25, 0.3) is 5.91 Å². The number of thiophene rings is 1. The second-order valence-corrected chi connectivity index (χ2v) is 3.87. The first-order valence-corrected chi connectivity index (χ1v) is 5.39. The number of carbonyl (C=O) groups is 1. The van der Waals surface area contributed by atoms with Gasteiger partial charge in [-0.25, -0.2) is 0 Å². The van der Waals surface area contributed by atoms with Crippen molar-refractivity contribution < 1.29 is 9.53 Å². The van der Waals surface area contributed by atoms with Gasteiger partial charge in [0.1, 0.15) is 5.76 Å². The largest absolute Gasteiger partial charge is 0.477 e. The van der Waals surface area contributed by atoms with E-state index in [0.29, 0.717) is 5.57 Å². The number of amides is 1. The zero-order valence-corrected chi connectivity index (χ0v) is 8.69. The first kappa shape index (κ1) is 9.27. The monoisotopic (exact) mass is 209 g/mol. The number of hydrogen-bond donors (Lipinski definition) is 1. The van der Waals surface area contributed by atoms with Crippen LogP contribution in [0.3, 0.4) is 0 Å². The van der Waals surface area contributed by atoms with E-state index in [1.807, 2.05) is 24.4 Å². The van der Waals surface area contributed by atoms with Crippen LogP contribution in [-0.4, -0.2) is 12.6 Å². The fourth-order valence-corrected chi connectivity index (χ4v) is 2.21. The minimum absolute atomic E-state index is 0.0319. The Morgan fingerprint density at radius 3 is 3.14 bits per heavy atom. The molecule has 0 aromatic carbocycles. The van der Waals surface area contributed by atoms with Gasteiger partial charge in [0.2, 0.25) is 0 Å². The lowest BCUT2D eigenvalue weighted by Crippen LogP contribution is -2.32. The summed E-state index contributed by atoms with van der Waals surface area (Å²) >= 11 is 1.55.